The van der Waals surface area contributed by atoms with Crippen molar-refractivity contribution in [3.05, 3.63) is 22.2 Å². The van der Waals surface area contributed by atoms with E-state index in [-0.39, 0.29) is 33.2 Å². The maximum Gasteiger partial charge on any atom is 0.257 e. The smallest absolute Gasteiger partial charge is 0.257 e. The first-order valence-corrected chi connectivity index (χ1v) is 6.91. The minimum absolute atomic E-state index is 0.0225. The van der Waals surface area contributed by atoms with E-state index in [1.165, 1.54) is 7.05 Å². The van der Waals surface area contributed by atoms with Crippen LogP contribution in [0.5, 0.6) is 5.75 Å². The molecule has 3 N–H and O–H groups in total. The molecule has 0 fully saturated rings. The number of sulfonamides is 1. The standard InChI is InChI=1S/C9H10Cl2N2O4S/c1-13-8(14)4-17-9-6(10)2-5(3-7(9)11)18(12,15)16/h2-3H,4H2,1H3,(H,13,14)(H2,12,15,16). The predicted octanol–water partition coefficient (Wildman–Crippen LogP) is 0.766. The molecule has 0 heterocycles. The number of rotatable bonds is 4. The van der Waals surface area contributed by atoms with E-state index in [4.69, 9.17) is 33.1 Å². The lowest BCUT2D eigenvalue weighted by Crippen LogP contribution is -2.25. The summed E-state index contributed by atoms with van der Waals surface area (Å²) in [5, 5.41) is 7.19. The summed E-state index contributed by atoms with van der Waals surface area (Å²) in [5.74, 6) is -0.355. The molecule has 0 atom stereocenters. The number of nitrogens with two attached hydrogens (primary N) is 1. The lowest BCUT2D eigenvalue weighted by Gasteiger charge is -2.10. The molecule has 1 aromatic rings. The molecule has 6 nitrogen and oxygen atoms in total. The molecule has 0 saturated carbocycles. The lowest BCUT2D eigenvalue weighted by molar-refractivity contribution is -0.122. The van der Waals surface area contributed by atoms with Gasteiger partial charge in [-0.3, -0.25) is 4.79 Å². The molecular formula is C9H10Cl2N2O4S. The number of likely N-dealkylation sites (N-methyl/N-ethyl adjacent to an activating group) is 1. The summed E-state index contributed by atoms with van der Waals surface area (Å²) in [6.07, 6.45) is 0. The number of ether oxygens (including phenoxy) is 1. The minimum atomic E-state index is -3.90. The lowest BCUT2D eigenvalue weighted by atomic mass is 10.3. The van der Waals surface area contributed by atoms with E-state index in [9.17, 15) is 13.2 Å². The highest BCUT2D eigenvalue weighted by molar-refractivity contribution is 7.89. The third-order valence-electron chi connectivity index (χ3n) is 1.93. The van der Waals surface area contributed by atoms with Gasteiger partial charge in [0.05, 0.1) is 14.9 Å². The van der Waals surface area contributed by atoms with Crippen LogP contribution in [0.1, 0.15) is 0 Å². The summed E-state index contributed by atoms with van der Waals surface area (Å²) in [6, 6.07) is 2.20. The van der Waals surface area contributed by atoms with Crippen LogP contribution in [-0.4, -0.2) is 28.0 Å². The highest BCUT2D eigenvalue weighted by Gasteiger charge is 2.16. The molecule has 0 saturated heterocycles. The number of benzene rings is 1. The molecule has 1 aromatic carbocycles. The maximum absolute atomic E-state index is 11.1. The number of carbonyl (C=O) groups excluding carboxylic acids is 1. The van der Waals surface area contributed by atoms with Crippen molar-refractivity contribution in [2.24, 2.45) is 5.14 Å². The molecule has 0 spiro atoms. The quantitative estimate of drug-likeness (QED) is 0.857. The topological polar surface area (TPSA) is 98.5 Å². The molecule has 0 aliphatic rings. The van der Waals surface area contributed by atoms with E-state index in [0.29, 0.717) is 0 Å². The van der Waals surface area contributed by atoms with Crippen LogP contribution in [0.4, 0.5) is 0 Å². The molecule has 1 rings (SSSR count). The number of hydrogen-bond acceptors (Lipinski definition) is 4. The van der Waals surface area contributed by atoms with Crippen molar-refractivity contribution in [1.82, 2.24) is 5.32 Å². The number of carbonyl (C=O) groups is 1. The number of halogens is 2. The van der Waals surface area contributed by atoms with Crippen molar-refractivity contribution in [2.75, 3.05) is 13.7 Å². The maximum atomic E-state index is 11.1. The molecule has 18 heavy (non-hydrogen) atoms. The molecule has 0 aliphatic heterocycles. The Morgan fingerprint density at radius 1 is 1.39 bits per heavy atom. The van der Waals surface area contributed by atoms with E-state index in [1.54, 1.807) is 0 Å². The van der Waals surface area contributed by atoms with E-state index < -0.39 is 10.0 Å². The van der Waals surface area contributed by atoms with Crippen LogP contribution in [0, 0.1) is 0 Å². The van der Waals surface area contributed by atoms with Crippen LogP contribution < -0.4 is 15.2 Å². The van der Waals surface area contributed by atoms with Gasteiger partial charge in [-0.1, -0.05) is 23.2 Å². The Balaban J connectivity index is 3.06. The van der Waals surface area contributed by atoms with Crippen molar-refractivity contribution >= 4 is 39.1 Å². The van der Waals surface area contributed by atoms with Crippen LogP contribution in [0.2, 0.25) is 10.0 Å². The van der Waals surface area contributed by atoms with Crippen molar-refractivity contribution < 1.29 is 17.9 Å². The Bertz CT molecular complexity index is 551. The van der Waals surface area contributed by atoms with Gasteiger partial charge in [0, 0.05) is 7.05 Å². The van der Waals surface area contributed by atoms with E-state index >= 15 is 0 Å². The Labute approximate surface area is 114 Å². The van der Waals surface area contributed by atoms with E-state index in [1.807, 2.05) is 0 Å². The first-order chi connectivity index (χ1) is 8.25. The predicted molar refractivity (Wildman–Crippen MR) is 67.4 cm³/mol. The third-order valence-corrected chi connectivity index (χ3v) is 3.38. The molecular weight excluding hydrogens is 303 g/mol. The number of hydrogen-bond donors (Lipinski definition) is 2. The number of primary sulfonamides is 1. The molecule has 0 aliphatic carbocycles. The molecule has 9 heteroatoms. The number of amides is 1. The van der Waals surface area contributed by atoms with Crippen LogP contribution in [0.25, 0.3) is 0 Å². The van der Waals surface area contributed by atoms with Gasteiger partial charge in [-0.15, -0.1) is 0 Å². The second-order valence-electron chi connectivity index (χ2n) is 3.22. The van der Waals surface area contributed by atoms with Crippen LogP contribution >= 0.6 is 23.2 Å². The van der Waals surface area contributed by atoms with Crippen molar-refractivity contribution in [1.29, 1.82) is 0 Å². The summed E-state index contributed by atoms with van der Waals surface area (Å²) >= 11 is 11.6. The summed E-state index contributed by atoms with van der Waals surface area (Å²) < 4.78 is 27.3. The van der Waals surface area contributed by atoms with Gasteiger partial charge in [0.1, 0.15) is 0 Å². The fourth-order valence-electron chi connectivity index (χ4n) is 1.05. The first kappa shape index (κ1) is 15.0. The molecule has 0 aromatic heterocycles. The summed E-state index contributed by atoms with van der Waals surface area (Å²) in [6.45, 7) is -0.287. The summed E-state index contributed by atoms with van der Waals surface area (Å²) in [5.41, 5.74) is 0. The van der Waals surface area contributed by atoms with Crippen LogP contribution in [-0.2, 0) is 14.8 Å². The molecule has 0 unspecified atom stereocenters. The second kappa shape index (κ2) is 5.75. The normalized spacial score (nSPS) is 11.1. The summed E-state index contributed by atoms with van der Waals surface area (Å²) in [4.78, 5) is 10.8. The minimum Gasteiger partial charge on any atom is -0.481 e. The monoisotopic (exact) mass is 312 g/mol. The summed E-state index contributed by atoms with van der Waals surface area (Å²) in [7, 11) is -2.46. The fourth-order valence-corrected chi connectivity index (χ4v) is 2.34. The molecule has 1 amide bonds. The third kappa shape index (κ3) is 3.74. The average Bonchev–Trinajstić information content (AvgIpc) is 2.26. The zero-order chi connectivity index (χ0) is 13.9. The SMILES string of the molecule is CNC(=O)COc1c(Cl)cc(S(N)(=O)=O)cc1Cl. The van der Waals surface area contributed by atoms with Gasteiger partial charge in [0.25, 0.3) is 5.91 Å². The van der Waals surface area contributed by atoms with Crippen molar-refractivity contribution in [2.45, 2.75) is 4.90 Å². The van der Waals surface area contributed by atoms with Gasteiger partial charge < -0.3 is 10.1 Å². The zero-order valence-corrected chi connectivity index (χ0v) is 11.6. The highest BCUT2D eigenvalue weighted by Crippen LogP contribution is 2.35. The van der Waals surface area contributed by atoms with E-state index in [2.05, 4.69) is 5.32 Å². The molecule has 0 radical (unpaired) electrons. The Morgan fingerprint density at radius 3 is 2.28 bits per heavy atom. The molecule has 0 bridgehead atoms. The molecule has 100 valence electrons. The van der Waals surface area contributed by atoms with Gasteiger partial charge in [-0.2, -0.15) is 0 Å². The first-order valence-electron chi connectivity index (χ1n) is 4.61. The largest absolute Gasteiger partial charge is 0.481 e. The average molecular weight is 313 g/mol. The van der Waals surface area contributed by atoms with Gasteiger partial charge >= 0.3 is 0 Å². The Kier molecular flexibility index (Phi) is 4.80. The van der Waals surface area contributed by atoms with Crippen molar-refractivity contribution in [3.8, 4) is 5.75 Å². The fraction of sp³-hybridized carbons (Fsp3) is 0.222. The van der Waals surface area contributed by atoms with Gasteiger partial charge in [0.15, 0.2) is 12.4 Å². The highest BCUT2D eigenvalue weighted by atomic mass is 35.5. The second-order valence-corrected chi connectivity index (χ2v) is 5.60. The Morgan fingerprint density at radius 2 is 1.89 bits per heavy atom. The van der Waals surface area contributed by atoms with Crippen LogP contribution in [0.3, 0.4) is 0 Å². The van der Waals surface area contributed by atoms with Gasteiger partial charge in [0.2, 0.25) is 10.0 Å². The Hall–Kier alpha value is -1.02. The van der Waals surface area contributed by atoms with Crippen LogP contribution in [0.15, 0.2) is 17.0 Å². The number of nitrogens with one attached hydrogen (secondary N) is 1. The van der Waals surface area contributed by atoms with Gasteiger partial charge in [-0.25, -0.2) is 13.6 Å². The van der Waals surface area contributed by atoms with Crippen molar-refractivity contribution in [3.63, 3.8) is 0 Å². The van der Waals surface area contributed by atoms with E-state index in [0.717, 1.165) is 12.1 Å². The van der Waals surface area contributed by atoms with Gasteiger partial charge in [-0.05, 0) is 12.1 Å². The zero-order valence-electron chi connectivity index (χ0n) is 9.24.